The largest absolute Gasteiger partial charge is 0.482 e. The van der Waals surface area contributed by atoms with Crippen LogP contribution in [0.25, 0.3) is 5.65 Å². The number of anilines is 1. The first-order valence-electron chi connectivity index (χ1n) is 11.1. The minimum absolute atomic E-state index is 0.0292. The lowest BCUT2D eigenvalue weighted by atomic mass is 10.1. The van der Waals surface area contributed by atoms with Gasteiger partial charge in [0.1, 0.15) is 23.2 Å². The molecule has 2 aliphatic heterocycles. The van der Waals surface area contributed by atoms with Gasteiger partial charge < -0.3 is 25.6 Å². The molecular formula is C23H23N7O5. The summed E-state index contributed by atoms with van der Waals surface area (Å²) >= 11 is 0. The lowest BCUT2D eigenvalue weighted by molar-refractivity contribution is -0.145. The standard InChI is InChI=1S/C23H23N7O5/c1-12(2)29-10-16(23(29)34)28-22(33)17-8-15(26-19-5-6-25-30(17)19)21(32)24-9-13-3-4-18-14(7-13)27-20(31)11-35-18/h3-8,12,16H,9-11H2,1-2H3,(H,24,32)(H,27,31)(H,28,33)/t16-/m0/s1. The van der Waals surface area contributed by atoms with Crippen molar-refractivity contribution in [2.45, 2.75) is 32.5 Å². The van der Waals surface area contributed by atoms with Crippen molar-refractivity contribution in [3.63, 3.8) is 0 Å². The number of nitrogens with zero attached hydrogens (tertiary/aromatic N) is 4. The van der Waals surface area contributed by atoms with Gasteiger partial charge >= 0.3 is 0 Å². The summed E-state index contributed by atoms with van der Waals surface area (Å²) in [6.45, 7) is 4.37. The molecule has 3 N–H and O–H groups in total. The zero-order valence-corrected chi connectivity index (χ0v) is 19.1. The summed E-state index contributed by atoms with van der Waals surface area (Å²) in [6, 6.07) is 7.58. The molecule has 4 heterocycles. The SMILES string of the molecule is CC(C)N1C[C@H](NC(=O)c2cc(C(=O)NCc3ccc4c(c3)NC(=O)CO4)nc3ccnn23)C1=O. The molecular weight excluding hydrogens is 454 g/mol. The van der Waals surface area contributed by atoms with Crippen LogP contribution in [0.15, 0.2) is 36.5 Å². The van der Waals surface area contributed by atoms with Gasteiger partial charge in [-0.25, -0.2) is 9.50 Å². The van der Waals surface area contributed by atoms with Gasteiger partial charge in [-0.3, -0.25) is 19.2 Å². The fraction of sp³-hybridized carbons (Fsp3) is 0.304. The van der Waals surface area contributed by atoms with Crippen LogP contribution in [0.5, 0.6) is 5.75 Å². The van der Waals surface area contributed by atoms with Gasteiger partial charge in [-0.15, -0.1) is 0 Å². The molecule has 2 aliphatic rings. The maximum atomic E-state index is 13.0. The molecule has 0 aliphatic carbocycles. The average molecular weight is 477 g/mol. The third-order valence-corrected chi connectivity index (χ3v) is 5.84. The summed E-state index contributed by atoms with van der Waals surface area (Å²) in [5, 5.41) is 12.3. The second kappa shape index (κ2) is 8.70. The van der Waals surface area contributed by atoms with E-state index in [1.807, 2.05) is 13.8 Å². The molecule has 0 unspecified atom stereocenters. The molecule has 5 rings (SSSR count). The number of hydrogen-bond acceptors (Lipinski definition) is 7. The first kappa shape index (κ1) is 22.3. The van der Waals surface area contributed by atoms with Crippen molar-refractivity contribution < 1.29 is 23.9 Å². The van der Waals surface area contributed by atoms with Crippen LogP contribution in [-0.2, 0) is 16.1 Å². The zero-order valence-electron chi connectivity index (χ0n) is 19.1. The summed E-state index contributed by atoms with van der Waals surface area (Å²) in [4.78, 5) is 55.6. The van der Waals surface area contributed by atoms with E-state index in [9.17, 15) is 19.2 Å². The minimum atomic E-state index is -0.616. The van der Waals surface area contributed by atoms with Gasteiger partial charge in [-0.2, -0.15) is 5.10 Å². The van der Waals surface area contributed by atoms with Crippen molar-refractivity contribution in [2.75, 3.05) is 18.5 Å². The molecule has 180 valence electrons. The van der Waals surface area contributed by atoms with E-state index in [1.54, 1.807) is 29.2 Å². The molecule has 2 aromatic heterocycles. The van der Waals surface area contributed by atoms with E-state index in [1.165, 1.54) is 16.8 Å². The number of nitrogens with one attached hydrogen (secondary N) is 3. The first-order valence-corrected chi connectivity index (χ1v) is 11.1. The molecule has 35 heavy (non-hydrogen) atoms. The summed E-state index contributed by atoms with van der Waals surface area (Å²) in [7, 11) is 0. The third kappa shape index (κ3) is 4.25. The monoisotopic (exact) mass is 477 g/mol. The van der Waals surface area contributed by atoms with E-state index in [0.29, 0.717) is 23.6 Å². The highest BCUT2D eigenvalue weighted by molar-refractivity contribution is 6.01. The zero-order chi connectivity index (χ0) is 24.7. The first-order chi connectivity index (χ1) is 16.8. The number of carbonyl (C=O) groups excluding carboxylic acids is 4. The minimum Gasteiger partial charge on any atom is -0.482 e. The molecule has 4 amide bonds. The van der Waals surface area contributed by atoms with Crippen LogP contribution >= 0.6 is 0 Å². The molecule has 0 saturated carbocycles. The molecule has 12 nitrogen and oxygen atoms in total. The molecule has 3 aromatic rings. The van der Waals surface area contributed by atoms with Crippen molar-refractivity contribution in [1.82, 2.24) is 30.1 Å². The number of hydrogen-bond donors (Lipinski definition) is 3. The van der Waals surface area contributed by atoms with E-state index < -0.39 is 17.9 Å². The summed E-state index contributed by atoms with van der Waals surface area (Å²) in [5.74, 6) is -0.856. The molecule has 0 spiro atoms. The second-order valence-electron chi connectivity index (χ2n) is 8.59. The lowest BCUT2D eigenvalue weighted by Crippen LogP contribution is -2.65. The summed E-state index contributed by atoms with van der Waals surface area (Å²) in [6.07, 6.45) is 1.47. The third-order valence-electron chi connectivity index (χ3n) is 5.84. The maximum Gasteiger partial charge on any atom is 0.270 e. The van der Waals surface area contributed by atoms with E-state index in [0.717, 1.165) is 5.56 Å². The second-order valence-corrected chi connectivity index (χ2v) is 8.59. The molecule has 0 bridgehead atoms. The maximum absolute atomic E-state index is 13.0. The van der Waals surface area contributed by atoms with Crippen LogP contribution in [0.4, 0.5) is 5.69 Å². The van der Waals surface area contributed by atoms with Gasteiger partial charge in [0.15, 0.2) is 12.3 Å². The fourth-order valence-electron chi connectivity index (χ4n) is 3.96. The Morgan fingerprint density at radius 1 is 1.20 bits per heavy atom. The average Bonchev–Trinajstić information content (AvgIpc) is 3.32. The molecule has 1 atom stereocenters. The van der Waals surface area contributed by atoms with Gasteiger partial charge in [0.2, 0.25) is 5.91 Å². The highest BCUT2D eigenvalue weighted by atomic mass is 16.5. The van der Waals surface area contributed by atoms with Crippen molar-refractivity contribution in [1.29, 1.82) is 0 Å². The number of likely N-dealkylation sites (tertiary alicyclic amines) is 1. The van der Waals surface area contributed by atoms with Crippen molar-refractivity contribution in [3.05, 3.63) is 53.5 Å². The molecule has 1 fully saturated rings. The van der Waals surface area contributed by atoms with Crippen molar-refractivity contribution in [3.8, 4) is 5.75 Å². The van der Waals surface area contributed by atoms with Crippen LogP contribution in [0.2, 0.25) is 0 Å². The van der Waals surface area contributed by atoms with E-state index in [2.05, 4.69) is 26.0 Å². The number of carbonyl (C=O) groups is 4. The van der Waals surface area contributed by atoms with E-state index in [-0.39, 0.29) is 42.4 Å². The number of β-lactam (4-membered cyclic amide) rings is 1. The van der Waals surface area contributed by atoms with Gasteiger partial charge in [-0.1, -0.05) is 6.07 Å². The topological polar surface area (TPSA) is 147 Å². The highest BCUT2D eigenvalue weighted by Gasteiger charge is 2.39. The molecule has 1 saturated heterocycles. The van der Waals surface area contributed by atoms with Crippen LogP contribution < -0.4 is 20.7 Å². The Hall–Kier alpha value is -4.48. The smallest absolute Gasteiger partial charge is 0.270 e. The van der Waals surface area contributed by atoms with Gasteiger partial charge in [0, 0.05) is 24.7 Å². The van der Waals surface area contributed by atoms with Crippen LogP contribution in [0.3, 0.4) is 0 Å². The highest BCUT2D eigenvalue weighted by Crippen LogP contribution is 2.28. The molecule has 1 aromatic carbocycles. The van der Waals surface area contributed by atoms with Crippen LogP contribution in [-0.4, -0.2) is 68.4 Å². The summed E-state index contributed by atoms with van der Waals surface area (Å²) in [5.41, 5.74) is 1.72. The number of ether oxygens (including phenoxy) is 1. The molecule has 0 radical (unpaired) electrons. The van der Waals surface area contributed by atoms with E-state index in [4.69, 9.17) is 4.74 Å². The van der Waals surface area contributed by atoms with Crippen LogP contribution in [0, 0.1) is 0 Å². The number of fused-ring (bicyclic) bond motifs is 2. The Morgan fingerprint density at radius 3 is 2.80 bits per heavy atom. The molecule has 12 heteroatoms. The van der Waals surface area contributed by atoms with Crippen molar-refractivity contribution in [2.24, 2.45) is 0 Å². The van der Waals surface area contributed by atoms with Crippen LogP contribution in [0.1, 0.15) is 40.4 Å². The van der Waals surface area contributed by atoms with E-state index >= 15 is 0 Å². The Kier molecular flexibility index (Phi) is 5.55. The van der Waals surface area contributed by atoms with Gasteiger partial charge in [0.05, 0.1) is 18.4 Å². The normalized spacial score (nSPS) is 16.9. The predicted molar refractivity (Wildman–Crippen MR) is 123 cm³/mol. The lowest BCUT2D eigenvalue weighted by Gasteiger charge is -2.41. The Morgan fingerprint density at radius 2 is 2.03 bits per heavy atom. The Bertz CT molecular complexity index is 1370. The Balaban J connectivity index is 1.30. The number of benzene rings is 1. The summed E-state index contributed by atoms with van der Waals surface area (Å²) < 4.78 is 6.66. The van der Waals surface area contributed by atoms with Gasteiger partial charge in [-0.05, 0) is 31.5 Å². The number of aromatic nitrogens is 3. The number of rotatable bonds is 6. The number of amides is 4. The fourth-order valence-corrected chi connectivity index (χ4v) is 3.96. The van der Waals surface area contributed by atoms with Crippen molar-refractivity contribution >= 4 is 35.0 Å². The quantitative estimate of drug-likeness (QED) is 0.434. The Labute approximate surface area is 199 Å². The predicted octanol–water partition coefficient (Wildman–Crippen LogP) is 0.339. The van der Waals surface area contributed by atoms with Gasteiger partial charge in [0.25, 0.3) is 17.7 Å².